The Hall–Kier alpha value is -3.57. The molecule has 35 heavy (non-hydrogen) atoms. The molecule has 0 unspecified atom stereocenters. The van der Waals surface area contributed by atoms with E-state index in [9.17, 15) is 4.79 Å². The summed E-state index contributed by atoms with van der Waals surface area (Å²) in [4.78, 5) is 22.8. The first-order valence-electron chi connectivity index (χ1n) is 11.2. The van der Waals surface area contributed by atoms with Crippen molar-refractivity contribution < 1.29 is 23.5 Å². The lowest BCUT2D eigenvalue weighted by Gasteiger charge is -2.16. The van der Waals surface area contributed by atoms with Gasteiger partial charge in [-0.2, -0.15) is 4.98 Å². The topological polar surface area (TPSA) is 111 Å². The first-order valence-corrected chi connectivity index (χ1v) is 12.2. The highest BCUT2D eigenvalue weighted by Crippen LogP contribution is 2.35. The number of rotatable bonds is 7. The normalized spacial score (nSPS) is 16.8. The number of aromatic nitrogens is 4. The van der Waals surface area contributed by atoms with Crippen molar-refractivity contribution in [2.45, 2.75) is 36.4 Å². The second-order valence-electron chi connectivity index (χ2n) is 8.20. The maximum atomic E-state index is 13.5. The van der Waals surface area contributed by atoms with Crippen LogP contribution in [0.3, 0.4) is 0 Å². The second kappa shape index (κ2) is 9.23. The molecule has 1 fully saturated rings. The molecule has 0 aliphatic carbocycles. The van der Waals surface area contributed by atoms with Crippen molar-refractivity contribution in [3.05, 3.63) is 52.6 Å². The van der Waals surface area contributed by atoms with E-state index < -0.39 is 0 Å². The molecule has 0 saturated carbocycles. The van der Waals surface area contributed by atoms with Gasteiger partial charge in [-0.15, -0.1) is 0 Å². The fraction of sp³-hybridized carbons (Fsp3) is 0.333. The van der Waals surface area contributed by atoms with E-state index in [1.807, 2.05) is 24.3 Å². The van der Waals surface area contributed by atoms with Crippen molar-refractivity contribution in [3.63, 3.8) is 0 Å². The van der Waals surface area contributed by atoms with Crippen LogP contribution in [-0.4, -0.2) is 46.3 Å². The average Bonchev–Trinajstić information content (AvgIpc) is 3.66. The van der Waals surface area contributed by atoms with E-state index in [0.717, 1.165) is 24.2 Å². The molecule has 1 atom stereocenters. The van der Waals surface area contributed by atoms with E-state index in [0.29, 0.717) is 58.2 Å². The predicted octanol–water partition coefficient (Wildman–Crippen LogP) is 3.66. The fourth-order valence-electron chi connectivity index (χ4n) is 4.15. The van der Waals surface area contributed by atoms with Crippen LogP contribution in [0.25, 0.3) is 22.3 Å². The molecule has 11 heteroatoms. The minimum Gasteiger partial charge on any atom is -0.497 e. The van der Waals surface area contributed by atoms with Crippen LogP contribution >= 0.6 is 11.8 Å². The van der Waals surface area contributed by atoms with Crippen LogP contribution in [0.4, 0.5) is 0 Å². The Morgan fingerprint density at radius 1 is 1.14 bits per heavy atom. The molecule has 2 aliphatic heterocycles. The molecular weight excluding hydrogens is 472 g/mol. The third-order valence-corrected chi connectivity index (χ3v) is 6.93. The lowest BCUT2D eigenvalue weighted by atomic mass is 10.2. The number of fused-ring (bicyclic) bond motifs is 2. The lowest BCUT2D eigenvalue weighted by Crippen LogP contribution is -2.28. The highest BCUT2D eigenvalue weighted by Gasteiger charge is 2.23. The average molecular weight is 495 g/mol. The largest absolute Gasteiger partial charge is 0.497 e. The number of thioether (sulfide) groups is 1. The Morgan fingerprint density at radius 2 is 1.97 bits per heavy atom. The van der Waals surface area contributed by atoms with Gasteiger partial charge in [-0.3, -0.25) is 9.36 Å². The van der Waals surface area contributed by atoms with E-state index in [1.165, 1.54) is 11.8 Å². The Bertz CT molecular complexity index is 1430. The summed E-state index contributed by atoms with van der Waals surface area (Å²) >= 11 is 1.37. The van der Waals surface area contributed by atoms with Crippen LogP contribution in [0.5, 0.6) is 17.2 Å². The van der Waals surface area contributed by atoms with Crippen molar-refractivity contribution in [2.75, 3.05) is 20.5 Å². The van der Waals surface area contributed by atoms with Gasteiger partial charge in [-0.25, -0.2) is 4.98 Å². The molecule has 4 aromatic rings. The van der Waals surface area contributed by atoms with Gasteiger partial charge < -0.3 is 23.5 Å². The zero-order chi connectivity index (χ0) is 23.8. The quantitative estimate of drug-likeness (QED) is 0.279. The van der Waals surface area contributed by atoms with Crippen molar-refractivity contribution in [2.24, 2.45) is 0 Å². The van der Waals surface area contributed by atoms with E-state index in [4.69, 9.17) is 28.5 Å². The standard InChI is InChI=1S/C24H22N4O6S/c1-30-15-6-4-14(5-7-15)22-26-21(34-27-22)12-35-24-25-18-10-20-19(32-13-33-20)9-17(18)23(29)28(24)11-16-3-2-8-31-16/h4-7,9-10,16H,2-3,8,11-13H2,1H3/t16-/m1/s1. The van der Waals surface area contributed by atoms with E-state index in [2.05, 4.69) is 10.1 Å². The summed E-state index contributed by atoms with van der Waals surface area (Å²) in [5.41, 5.74) is 1.23. The summed E-state index contributed by atoms with van der Waals surface area (Å²) in [6.45, 7) is 1.27. The molecule has 2 aromatic carbocycles. The summed E-state index contributed by atoms with van der Waals surface area (Å²) in [5, 5.41) is 5.13. The molecule has 0 N–H and O–H groups in total. The summed E-state index contributed by atoms with van der Waals surface area (Å²) in [5.74, 6) is 3.17. The first kappa shape index (κ1) is 21.9. The van der Waals surface area contributed by atoms with Gasteiger partial charge in [0, 0.05) is 18.2 Å². The molecule has 2 aromatic heterocycles. The van der Waals surface area contributed by atoms with Crippen LogP contribution in [0.1, 0.15) is 18.7 Å². The molecule has 1 saturated heterocycles. The zero-order valence-electron chi connectivity index (χ0n) is 18.9. The van der Waals surface area contributed by atoms with Gasteiger partial charge in [-0.05, 0) is 43.2 Å². The number of benzene rings is 2. The zero-order valence-corrected chi connectivity index (χ0v) is 19.7. The van der Waals surface area contributed by atoms with E-state index >= 15 is 0 Å². The Kier molecular flexibility index (Phi) is 5.78. The molecule has 0 bridgehead atoms. The SMILES string of the molecule is COc1ccc(-c2noc(CSc3nc4cc5c(cc4c(=O)n3C[C@H]3CCCO3)OCO5)n2)cc1. The van der Waals surface area contributed by atoms with Gasteiger partial charge >= 0.3 is 0 Å². The number of methoxy groups -OCH3 is 1. The van der Waals surface area contributed by atoms with Gasteiger partial charge in [0.1, 0.15) is 5.75 Å². The van der Waals surface area contributed by atoms with Crippen LogP contribution in [0, 0.1) is 0 Å². The molecule has 6 rings (SSSR count). The minimum absolute atomic E-state index is 0.0228. The second-order valence-corrected chi connectivity index (χ2v) is 9.14. The summed E-state index contributed by atoms with van der Waals surface area (Å²) in [6.07, 6.45) is 1.87. The predicted molar refractivity (Wildman–Crippen MR) is 127 cm³/mol. The van der Waals surface area contributed by atoms with Crippen molar-refractivity contribution in [1.29, 1.82) is 0 Å². The van der Waals surface area contributed by atoms with Crippen LogP contribution in [-0.2, 0) is 17.0 Å². The lowest BCUT2D eigenvalue weighted by molar-refractivity contribution is 0.0937. The summed E-state index contributed by atoms with van der Waals surface area (Å²) < 4.78 is 29.1. The molecule has 4 heterocycles. The van der Waals surface area contributed by atoms with E-state index in [-0.39, 0.29) is 18.5 Å². The number of ether oxygens (including phenoxy) is 4. The number of hydrogen-bond donors (Lipinski definition) is 0. The highest BCUT2D eigenvalue weighted by atomic mass is 32.2. The van der Waals surface area contributed by atoms with Crippen LogP contribution < -0.4 is 19.8 Å². The van der Waals surface area contributed by atoms with Crippen molar-refractivity contribution in [1.82, 2.24) is 19.7 Å². The molecule has 180 valence electrons. The van der Waals surface area contributed by atoms with Crippen molar-refractivity contribution in [3.8, 4) is 28.6 Å². The molecule has 2 aliphatic rings. The van der Waals surface area contributed by atoms with Gasteiger partial charge in [0.05, 0.1) is 36.4 Å². The van der Waals surface area contributed by atoms with Gasteiger partial charge in [0.15, 0.2) is 16.7 Å². The first-order chi connectivity index (χ1) is 17.2. The maximum Gasteiger partial charge on any atom is 0.262 e. The molecule has 0 amide bonds. The fourth-order valence-corrected chi connectivity index (χ4v) is 5.00. The van der Waals surface area contributed by atoms with Crippen LogP contribution in [0.2, 0.25) is 0 Å². The van der Waals surface area contributed by atoms with E-state index in [1.54, 1.807) is 23.8 Å². The Balaban J connectivity index is 1.30. The minimum atomic E-state index is -0.143. The molecule has 0 spiro atoms. The monoisotopic (exact) mass is 494 g/mol. The molecule has 10 nitrogen and oxygen atoms in total. The van der Waals surface area contributed by atoms with Gasteiger partial charge in [-0.1, -0.05) is 16.9 Å². The third-order valence-electron chi connectivity index (χ3n) is 5.96. The number of nitrogens with zero attached hydrogens (tertiary/aromatic N) is 4. The Labute approximate surface area is 204 Å². The summed E-state index contributed by atoms with van der Waals surface area (Å²) in [6, 6.07) is 10.9. The highest BCUT2D eigenvalue weighted by molar-refractivity contribution is 7.98. The maximum absolute atomic E-state index is 13.5. The Morgan fingerprint density at radius 3 is 2.74 bits per heavy atom. The van der Waals surface area contributed by atoms with Crippen molar-refractivity contribution >= 4 is 22.7 Å². The smallest absolute Gasteiger partial charge is 0.262 e. The number of hydrogen-bond acceptors (Lipinski definition) is 10. The van der Waals surface area contributed by atoms with Crippen LogP contribution in [0.15, 0.2) is 50.9 Å². The molecular formula is C24H22N4O6S. The molecule has 0 radical (unpaired) electrons. The van der Waals surface area contributed by atoms with Gasteiger partial charge in [0.25, 0.3) is 5.56 Å². The summed E-state index contributed by atoms with van der Waals surface area (Å²) in [7, 11) is 1.62. The van der Waals surface area contributed by atoms with Gasteiger partial charge in [0.2, 0.25) is 18.5 Å². The third kappa shape index (κ3) is 4.32.